The Kier molecular flexibility index (Phi) is 9.77. The SMILES string of the molecule is CCOC(=O)CC(=O)NNc1ncccc1Cl.NNc1ncccc1Cl. The van der Waals surface area contributed by atoms with Crippen LogP contribution in [0.4, 0.5) is 11.6 Å². The first kappa shape index (κ1) is 21.4. The van der Waals surface area contributed by atoms with E-state index >= 15 is 0 Å². The predicted molar refractivity (Wildman–Crippen MR) is 99.3 cm³/mol. The van der Waals surface area contributed by atoms with Crippen LogP contribution in [-0.4, -0.2) is 28.5 Å². The minimum Gasteiger partial charge on any atom is -0.466 e. The molecule has 9 nitrogen and oxygen atoms in total. The summed E-state index contributed by atoms with van der Waals surface area (Å²) in [5, 5.41) is 0.893. The fraction of sp³-hybridized carbons (Fsp3) is 0.200. The average molecular weight is 401 g/mol. The average Bonchev–Trinajstić information content (AvgIpc) is 2.62. The molecule has 2 rings (SSSR count). The van der Waals surface area contributed by atoms with Gasteiger partial charge in [0, 0.05) is 12.4 Å². The van der Waals surface area contributed by atoms with E-state index in [1.807, 2.05) is 0 Å². The Labute approximate surface area is 160 Å². The van der Waals surface area contributed by atoms with Gasteiger partial charge in [-0.1, -0.05) is 23.2 Å². The van der Waals surface area contributed by atoms with Gasteiger partial charge in [-0.15, -0.1) is 0 Å². The van der Waals surface area contributed by atoms with E-state index in [0.29, 0.717) is 21.7 Å². The van der Waals surface area contributed by atoms with Gasteiger partial charge in [0.15, 0.2) is 11.6 Å². The highest BCUT2D eigenvalue weighted by Gasteiger charge is 2.10. The van der Waals surface area contributed by atoms with E-state index in [-0.39, 0.29) is 13.0 Å². The summed E-state index contributed by atoms with van der Waals surface area (Å²) in [5.74, 6) is 4.76. The van der Waals surface area contributed by atoms with Crippen LogP contribution in [0.2, 0.25) is 10.0 Å². The Hall–Kier alpha value is -2.62. The van der Waals surface area contributed by atoms with E-state index in [4.69, 9.17) is 29.0 Å². The first-order valence-electron chi connectivity index (χ1n) is 7.36. The lowest BCUT2D eigenvalue weighted by Gasteiger charge is -2.08. The number of ether oxygens (including phenoxy) is 1. The van der Waals surface area contributed by atoms with Crippen LogP contribution in [0.5, 0.6) is 0 Å². The number of rotatable bonds is 6. The van der Waals surface area contributed by atoms with Crippen molar-refractivity contribution in [2.24, 2.45) is 5.84 Å². The molecule has 0 saturated heterocycles. The maximum absolute atomic E-state index is 11.3. The zero-order valence-corrected chi connectivity index (χ0v) is 15.3. The molecule has 0 atom stereocenters. The second-order valence-corrected chi connectivity index (χ2v) is 5.28. The summed E-state index contributed by atoms with van der Waals surface area (Å²) in [6.45, 7) is 1.91. The Morgan fingerprint density at radius 2 is 1.69 bits per heavy atom. The van der Waals surface area contributed by atoms with Gasteiger partial charge in [-0.3, -0.25) is 20.4 Å². The van der Waals surface area contributed by atoms with Crippen LogP contribution in [0, 0.1) is 0 Å². The van der Waals surface area contributed by atoms with Gasteiger partial charge in [-0.2, -0.15) is 0 Å². The largest absolute Gasteiger partial charge is 0.466 e. The minimum absolute atomic E-state index is 0.242. The number of pyridine rings is 2. The summed E-state index contributed by atoms with van der Waals surface area (Å²) in [7, 11) is 0. The molecular weight excluding hydrogens is 383 g/mol. The Balaban J connectivity index is 0.000000314. The van der Waals surface area contributed by atoms with Gasteiger partial charge in [0.25, 0.3) is 0 Å². The normalized spacial score (nSPS) is 9.38. The molecule has 140 valence electrons. The van der Waals surface area contributed by atoms with Gasteiger partial charge in [-0.25, -0.2) is 15.8 Å². The molecule has 0 spiro atoms. The number of nitrogen functional groups attached to an aromatic ring is 1. The highest BCUT2D eigenvalue weighted by Crippen LogP contribution is 2.16. The highest BCUT2D eigenvalue weighted by molar-refractivity contribution is 6.33. The second-order valence-electron chi connectivity index (χ2n) is 4.47. The number of carbonyl (C=O) groups is 2. The molecule has 11 heteroatoms. The monoisotopic (exact) mass is 400 g/mol. The zero-order chi connectivity index (χ0) is 19.4. The molecular formula is C15H18Cl2N6O3. The van der Waals surface area contributed by atoms with Crippen LogP contribution >= 0.6 is 23.2 Å². The van der Waals surface area contributed by atoms with Crippen molar-refractivity contribution >= 4 is 46.7 Å². The number of nitrogens with zero attached hydrogens (tertiary/aromatic N) is 2. The predicted octanol–water partition coefficient (Wildman–Crippen LogP) is 2.15. The Morgan fingerprint density at radius 3 is 2.15 bits per heavy atom. The molecule has 0 bridgehead atoms. The number of esters is 1. The van der Waals surface area contributed by atoms with E-state index in [2.05, 4.69) is 31.0 Å². The van der Waals surface area contributed by atoms with E-state index in [0.717, 1.165) is 0 Å². The summed E-state index contributed by atoms with van der Waals surface area (Å²) in [4.78, 5) is 30.0. The van der Waals surface area contributed by atoms with Crippen LogP contribution in [0.25, 0.3) is 0 Å². The fourth-order valence-electron chi connectivity index (χ4n) is 1.49. The molecule has 0 aliphatic heterocycles. The molecule has 5 N–H and O–H groups in total. The lowest BCUT2D eigenvalue weighted by molar-refractivity contribution is -0.145. The summed E-state index contributed by atoms with van der Waals surface area (Å²) in [5.41, 5.74) is 7.15. The number of hydrazine groups is 2. The Morgan fingerprint density at radius 1 is 1.12 bits per heavy atom. The van der Waals surface area contributed by atoms with Gasteiger partial charge in [0.1, 0.15) is 6.42 Å². The second kappa shape index (κ2) is 11.9. The number of nitrogens with two attached hydrogens (primary N) is 1. The minimum atomic E-state index is -0.584. The fourth-order valence-corrected chi connectivity index (χ4v) is 1.83. The van der Waals surface area contributed by atoms with Gasteiger partial charge in [0.2, 0.25) is 5.91 Å². The number of nitrogens with one attached hydrogen (secondary N) is 3. The number of hydrogen-bond acceptors (Lipinski definition) is 8. The van der Waals surface area contributed by atoms with E-state index in [1.165, 1.54) is 6.20 Å². The molecule has 0 unspecified atom stereocenters. The van der Waals surface area contributed by atoms with Gasteiger partial charge >= 0.3 is 5.97 Å². The molecule has 0 aliphatic rings. The highest BCUT2D eigenvalue weighted by atomic mass is 35.5. The number of carbonyl (C=O) groups excluding carboxylic acids is 2. The number of amides is 1. The van der Waals surface area contributed by atoms with Crippen molar-refractivity contribution < 1.29 is 14.3 Å². The van der Waals surface area contributed by atoms with Gasteiger partial charge in [-0.05, 0) is 31.2 Å². The van der Waals surface area contributed by atoms with Crippen molar-refractivity contribution in [3.05, 3.63) is 46.7 Å². The Bertz CT molecular complexity index is 732. The molecule has 0 aromatic carbocycles. The van der Waals surface area contributed by atoms with Crippen LogP contribution in [0.15, 0.2) is 36.7 Å². The van der Waals surface area contributed by atoms with Gasteiger partial charge in [0.05, 0.1) is 16.7 Å². The van der Waals surface area contributed by atoms with Crippen molar-refractivity contribution in [2.45, 2.75) is 13.3 Å². The molecule has 2 aromatic rings. The molecule has 0 radical (unpaired) electrons. The van der Waals surface area contributed by atoms with E-state index < -0.39 is 11.9 Å². The van der Waals surface area contributed by atoms with Crippen molar-refractivity contribution in [3.8, 4) is 0 Å². The zero-order valence-electron chi connectivity index (χ0n) is 13.8. The quantitative estimate of drug-likeness (QED) is 0.251. The summed E-state index contributed by atoms with van der Waals surface area (Å²) < 4.78 is 4.62. The number of halogens is 2. The van der Waals surface area contributed by atoms with Crippen molar-refractivity contribution in [2.75, 3.05) is 17.5 Å². The molecule has 0 aliphatic carbocycles. The molecule has 26 heavy (non-hydrogen) atoms. The standard InChI is InChI=1S/C10H12ClN3O3.C5H6ClN3/c1-2-17-9(16)6-8(15)13-14-10-7(11)4-3-5-12-10;6-4-2-1-3-8-5(4)9-7/h3-5H,2,6H2,1H3,(H,12,14)(H,13,15);1-3H,7H2,(H,8,9). The third-order valence-corrected chi connectivity index (χ3v) is 3.19. The van der Waals surface area contributed by atoms with Crippen molar-refractivity contribution in [1.82, 2.24) is 15.4 Å². The van der Waals surface area contributed by atoms with Crippen molar-refractivity contribution in [1.29, 1.82) is 0 Å². The van der Waals surface area contributed by atoms with E-state index in [9.17, 15) is 9.59 Å². The molecule has 1 amide bonds. The van der Waals surface area contributed by atoms with Crippen LogP contribution in [0.3, 0.4) is 0 Å². The summed E-state index contributed by atoms with van der Waals surface area (Å²) in [6, 6.07) is 6.73. The lowest BCUT2D eigenvalue weighted by Crippen LogP contribution is -2.31. The molecule has 0 fully saturated rings. The van der Waals surface area contributed by atoms with Crippen LogP contribution in [0.1, 0.15) is 13.3 Å². The first-order valence-corrected chi connectivity index (χ1v) is 8.11. The molecule has 2 heterocycles. The third kappa shape index (κ3) is 7.97. The number of hydrogen-bond donors (Lipinski definition) is 4. The summed E-state index contributed by atoms with van der Waals surface area (Å²) >= 11 is 11.4. The first-order chi connectivity index (χ1) is 12.5. The topological polar surface area (TPSA) is 131 Å². The van der Waals surface area contributed by atoms with Crippen LogP contribution in [-0.2, 0) is 14.3 Å². The summed E-state index contributed by atoms with van der Waals surface area (Å²) in [6.07, 6.45) is 2.78. The van der Waals surface area contributed by atoms with Crippen molar-refractivity contribution in [3.63, 3.8) is 0 Å². The molecule has 2 aromatic heterocycles. The number of aromatic nitrogens is 2. The maximum Gasteiger partial charge on any atom is 0.315 e. The number of anilines is 2. The van der Waals surface area contributed by atoms with Crippen LogP contribution < -0.4 is 22.1 Å². The maximum atomic E-state index is 11.3. The lowest BCUT2D eigenvalue weighted by atomic mass is 10.4. The van der Waals surface area contributed by atoms with E-state index in [1.54, 1.807) is 37.4 Å². The third-order valence-electron chi connectivity index (χ3n) is 2.58. The van der Waals surface area contributed by atoms with Gasteiger partial charge < -0.3 is 10.2 Å². The molecule has 0 saturated carbocycles. The smallest absolute Gasteiger partial charge is 0.315 e.